The number of sulfonamides is 1. The van der Waals surface area contributed by atoms with Gasteiger partial charge in [-0.25, -0.2) is 8.42 Å². The maximum absolute atomic E-state index is 13.9. The third-order valence-corrected chi connectivity index (χ3v) is 8.78. The molecule has 3 aromatic rings. The molecule has 0 aliphatic heterocycles. The van der Waals surface area contributed by atoms with Crippen molar-refractivity contribution in [3.63, 3.8) is 0 Å². The van der Waals surface area contributed by atoms with Crippen LogP contribution in [0.3, 0.4) is 0 Å². The molecule has 10 heteroatoms. The lowest BCUT2D eigenvalue weighted by atomic mass is 10.1. The molecule has 1 N–H and O–H groups in total. The average Bonchev–Trinajstić information content (AvgIpc) is 2.89. The molecule has 0 aliphatic carbocycles. The van der Waals surface area contributed by atoms with Crippen molar-refractivity contribution in [2.45, 2.75) is 45.2 Å². The first-order chi connectivity index (χ1) is 18.4. The summed E-state index contributed by atoms with van der Waals surface area (Å²) in [4.78, 5) is 28.4. The lowest BCUT2D eigenvalue weighted by molar-refractivity contribution is -0.139. The number of rotatable bonds is 11. The zero-order chi connectivity index (χ0) is 28.7. The molecule has 0 bridgehead atoms. The topological polar surface area (TPSA) is 86.8 Å². The van der Waals surface area contributed by atoms with Gasteiger partial charge < -0.3 is 10.2 Å². The Morgan fingerprint density at radius 3 is 2.26 bits per heavy atom. The van der Waals surface area contributed by atoms with Gasteiger partial charge in [-0.1, -0.05) is 83.3 Å². The van der Waals surface area contributed by atoms with Crippen LogP contribution >= 0.6 is 27.5 Å². The van der Waals surface area contributed by atoms with E-state index in [9.17, 15) is 18.0 Å². The number of nitrogens with one attached hydrogen (secondary N) is 1. The van der Waals surface area contributed by atoms with E-state index in [0.717, 1.165) is 9.87 Å². The van der Waals surface area contributed by atoms with Crippen LogP contribution in [-0.4, -0.2) is 44.3 Å². The highest BCUT2D eigenvalue weighted by atomic mass is 79.9. The summed E-state index contributed by atoms with van der Waals surface area (Å²) in [5.41, 5.74) is 1.87. The maximum Gasteiger partial charge on any atom is 0.264 e. The summed E-state index contributed by atoms with van der Waals surface area (Å²) in [5.74, 6) is -0.655. The third-order valence-electron chi connectivity index (χ3n) is 6.13. The number of aryl methyl sites for hydroxylation is 1. The lowest BCUT2D eigenvalue weighted by Gasteiger charge is -2.32. The van der Waals surface area contributed by atoms with E-state index in [0.29, 0.717) is 27.3 Å². The molecule has 39 heavy (non-hydrogen) atoms. The minimum atomic E-state index is -4.13. The smallest absolute Gasteiger partial charge is 0.264 e. The number of hydrogen-bond donors (Lipinski definition) is 1. The molecule has 3 rings (SSSR count). The van der Waals surface area contributed by atoms with Crippen molar-refractivity contribution >= 4 is 55.1 Å². The summed E-state index contributed by atoms with van der Waals surface area (Å²) >= 11 is 9.79. The van der Waals surface area contributed by atoms with Crippen molar-refractivity contribution < 1.29 is 18.0 Å². The molecule has 1 atom stereocenters. The minimum Gasteiger partial charge on any atom is -0.354 e. The van der Waals surface area contributed by atoms with Gasteiger partial charge in [-0.3, -0.25) is 13.9 Å². The summed E-state index contributed by atoms with van der Waals surface area (Å²) < 4.78 is 29.4. The highest BCUT2D eigenvalue weighted by Gasteiger charge is 2.32. The highest BCUT2D eigenvalue weighted by molar-refractivity contribution is 9.10. The SMILES string of the molecule is Cc1ccc(S(=O)(=O)N(CC(=O)N(Cc2ccccc2Cl)C(C)C(=O)NCC(C)C)c2cccc(Br)c2)cc1. The van der Waals surface area contributed by atoms with Crippen LogP contribution < -0.4 is 9.62 Å². The normalized spacial score (nSPS) is 12.2. The fourth-order valence-electron chi connectivity index (χ4n) is 3.84. The van der Waals surface area contributed by atoms with Gasteiger partial charge in [0.2, 0.25) is 11.8 Å². The fourth-order valence-corrected chi connectivity index (χ4v) is 5.83. The number of amides is 2. The number of halogens is 2. The van der Waals surface area contributed by atoms with Gasteiger partial charge in [-0.15, -0.1) is 0 Å². The van der Waals surface area contributed by atoms with Crippen LogP contribution in [0, 0.1) is 12.8 Å². The molecule has 1 unspecified atom stereocenters. The van der Waals surface area contributed by atoms with Crippen molar-refractivity contribution in [2.75, 3.05) is 17.4 Å². The fraction of sp³-hybridized carbons (Fsp3) is 0.310. The lowest BCUT2D eigenvalue weighted by Crippen LogP contribution is -2.51. The molecule has 7 nitrogen and oxygen atoms in total. The van der Waals surface area contributed by atoms with Gasteiger partial charge in [-0.05, 0) is 61.7 Å². The molecular formula is C29H33BrClN3O4S. The molecule has 0 spiro atoms. The van der Waals surface area contributed by atoms with Crippen LogP contribution in [0.1, 0.15) is 31.9 Å². The molecule has 0 saturated heterocycles. The van der Waals surface area contributed by atoms with Gasteiger partial charge in [0.1, 0.15) is 12.6 Å². The van der Waals surface area contributed by atoms with E-state index in [1.54, 1.807) is 67.6 Å². The van der Waals surface area contributed by atoms with Crippen molar-refractivity contribution in [1.82, 2.24) is 10.2 Å². The van der Waals surface area contributed by atoms with Crippen molar-refractivity contribution in [1.29, 1.82) is 0 Å². The first kappa shape index (κ1) is 30.7. The molecule has 2 amide bonds. The molecule has 0 saturated carbocycles. The Kier molecular flexibility index (Phi) is 10.6. The zero-order valence-corrected chi connectivity index (χ0v) is 25.6. The maximum atomic E-state index is 13.9. The first-order valence-corrected chi connectivity index (χ1v) is 15.2. The molecule has 0 radical (unpaired) electrons. The van der Waals surface area contributed by atoms with E-state index in [1.807, 2.05) is 20.8 Å². The second kappa shape index (κ2) is 13.5. The van der Waals surface area contributed by atoms with Gasteiger partial charge in [0.15, 0.2) is 0 Å². The predicted molar refractivity (Wildman–Crippen MR) is 159 cm³/mol. The Morgan fingerprint density at radius 1 is 0.974 bits per heavy atom. The number of benzene rings is 3. The Balaban J connectivity index is 2.02. The second-order valence-electron chi connectivity index (χ2n) is 9.73. The zero-order valence-electron chi connectivity index (χ0n) is 22.4. The molecule has 208 valence electrons. The third kappa shape index (κ3) is 8.06. The molecular weight excluding hydrogens is 602 g/mol. The summed E-state index contributed by atoms with van der Waals surface area (Å²) in [5, 5.41) is 3.31. The van der Waals surface area contributed by atoms with E-state index in [-0.39, 0.29) is 23.3 Å². The van der Waals surface area contributed by atoms with Crippen LogP contribution in [0.2, 0.25) is 5.02 Å². The van der Waals surface area contributed by atoms with Crippen LogP contribution in [0.4, 0.5) is 5.69 Å². The molecule has 0 heterocycles. The van der Waals surface area contributed by atoms with Crippen molar-refractivity contribution in [3.05, 3.63) is 93.4 Å². The second-order valence-corrected chi connectivity index (χ2v) is 12.9. The predicted octanol–water partition coefficient (Wildman–Crippen LogP) is 5.80. The van der Waals surface area contributed by atoms with Crippen molar-refractivity contribution in [2.24, 2.45) is 5.92 Å². The van der Waals surface area contributed by atoms with Gasteiger partial charge in [0.25, 0.3) is 10.0 Å². The average molecular weight is 635 g/mol. The summed E-state index contributed by atoms with van der Waals surface area (Å²) in [6.45, 7) is 7.41. The largest absolute Gasteiger partial charge is 0.354 e. The van der Waals surface area contributed by atoms with Crippen LogP contribution in [0.25, 0.3) is 0 Å². The standard InChI is InChI=1S/C29H33BrClN3O4S/c1-20(2)17-32-29(36)22(4)33(18-23-8-5-6-11-27(23)31)28(35)19-34(25-10-7-9-24(30)16-25)39(37,38)26-14-12-21(3)13-15-26/h5-16,20,22H,17-19H2,1-4H3,(H,32,36). The first-order valence-electron chi connectivity index (χ1n) is 12.6. The monoisotopic (exact) mass is 633 g/mol. The van der Waals surface area contributed by atoms with E-state index in [4.69, 9.17) is 11.6 Å². The van der Waals surface area contributed by atoms with E-state index in [2.05, 4.69) is 21.2 Å². The van der Waals surface area contributed by atoms with Gasteiger partial charge >= 0.3 is 0 Å². The number of anilines is 1. The molecule has 3 aromatic carbocycles. The Bertz CT molecular complexity index is 1410. The Labute approximate surface area is 244 Å². The minimum absolute atomic E-state index is 0.0334. The van der Waals surface area contributed by atoms with Gasteiger partial charge in [0.05, 0.1) is 10.6 Å². The Hall–Kier alpha value is -2.88. The van der Waals surface area contributed by atoms with Crippen LogP contribution in [-0.2, 0) is 26.2 Å². The van der Waals surface area contributed by atoms with Gasteiger partial charge in [-0.2, -0.15) is 0 Å². The number of hydrogen-bond acceptors (Lipinski definition) is 4. The highest BCUT2D eigenvalue weighted by Crippen LogP contribution is 2.27. The molecule has 0 aliphatic rings. The quantitative estimate of drug-likeness (QED) is 0.289. The van der Waals surface area contributed by atoms with Crippen LogP contribution in [0.15, 0.2) is 82.2 Å². The molecule has 0 aromatic heterocycles. The van der Waals surface area contributed by atoms with E-state index in [1.165, 1.54) is 17.0 Å². The summed E-state index contributed by atoms with van der Waals surface area (Å²) in [6, 6.07) is 19.4. The Morgan fingerprint density at radius 2 is 1.64 bits per heavy atom. The van der Waals surface area contributed by atoms with E-state index >= 15 is 0 Å². The summed E-state index contributed by atoms with van der Waals surface area (Å²) in [7, 11) is -4.13. The molecule has 0 fully saturated rings. The number of carbonyl (C=O) groups is 2. The van der Waals surface area contributed by atoms with Crippen molar-refractivity contribution in [3.8, 4) is 0 Å². The van der Waals surface area contributed by atoms with E-state index < -0.39 is 28.5 Å². The van der Waals surface area contributed by atoms with Gasteiger partial charge in [0, 0.05) is 22.6 Å². The summed E-state index contributed by atoms with van der Waals surface area (Å²) in [6.07, 6.45) is 0. The number of carbonyl (C=O) groups excluding carboxylic acids is 2. The van der Waals surface area contributed by atoms with Crippen LogP contribution in [0.5, 0.6) is 0 Å². The number of nitrogens with zero attached hydrogens (tertiary/aromatic N) is 2.